The Morgan fingerprint density at radius 2 is 1.48 bits per heavy atom. The Hall–Kier alpha value is -2.38. The Labute approximate surface area is 188 Å². The van der Waals surface area contributed by atoms with Gasteiger partial charge in [0.15, 0.2) is 0 Å². The van der Waals surface area contributed by atoms with Crippen LogP contribution >= 0.6 is 11.6 Å². The van der Waals surface area contributed by atoms with E-state index in [1.165, 1.54) is 12.7 Å². The summed E-state index contributed by atoms with van der Waals surface area (Å²) in [5, 5.41) is 0.699. The number of methoxy groups -OCH3 is 1. The maximum atomic E-state index is 13.1. The molecule has 4 rings (SSSR count). The van der Waals surface area contributed by atoms with Crippen LogP contribution in [0.2, 0.25) is 5.02 Å². The third kappa shape index (κ3) is 4.77. The summed E-state index contributed by atoms with van der Waals surface area (Å²) >= 11 is 6.10. The van der Waals surface area contributed by atoms with E-state index >= 15 is 0 Å². The molecule has 0 spiro atoms. The molecular weight excluding hydrogens is 432 g/mol. The zero-order valence-corrected chi connectivity index (χ0v) is 18.9. The van der Waals surface area contributed by atoms with Crippen molar-refractivity contribution >= 4 is 21.6 Å². The molecule has 1 aliphatic rings. The molecule has 0 radical (unpaired) electrons. The van der Waals surface area contributed by atoms with Crippen LogP contribution in [0.25, 0.3) is 0 Å². The zero-order valence-electron chi connectivity index (χ0n) is 17.3. The number of benzene rings is 3. The minimum Gasteiger partial charge on any atom is -0.497 e. The van der Waals surface area contributed by atoms with Crippen LogP contribution < -0.4 is 4.74 Å². The average molecular weight is 457 g/mol. The minimum absolute atomic E-state index is 0.0418. The van der Waals surface area contributed by atoms with Crippen molar-refractivity contribution in [2.24, 2.45) is 0 Å². The summed E-state index contributed by atoms with van der Waals surface area (Å²) in [5.74, 6) is 0.534. The lowest BCUT2D eigenvalue weighted by Gasteiger charge is -2.39. The Morgan fingerprint density at radius 1 is 0.839 bits per heavy atom. The molecule has 1 fully saturated rings. The van der Waals surface area contributed by atoms with E-state index in [0.29, 0.717) is 37.0 Å². The molecule has 0 aliphatic carbocycles. The fourth-order valence-corrected chi connectivity index (χ4v) is 5.59. The van der Waals surface area contributed by atoms with Gasteiger partial charge in [0.1, 0.15) is 5.75 Å². The maximum absolute atomic E-state index is 13.1. The highest BCUT2D eigenvalue weighted by molar-refractivity contribution is 7.89. The molecule has 1 aliphatic heterocycles. The largest absolute Gasteiger partial charge is 0.497 e. The number of piperazine rings is 1. The predicted molar refractivity (Wildman–Crippen MR) is 123 cm³/mol. The SMILES string of the molecule is COc1cccc(S(=O)(=O)N2CCN([C@@H](c3ccccc3)c3ccc(Cl)cc3)CC2)c1. The van der Waals surface area contributed by atoms with Gasteiger partial charge in [-0.15, -0.1) is 0 Å². The summed E-state index contributed by atoms with van der Waals surface area (Å²) < 4.78 is 33.0. The van der Waals surface area contributed by atoms with Crippen LogP contribution in [0.4, 0.5) is 0 Å². The molecule has 0 amide bonds. The molecule has 0 saturated carbocycles. The molecule has 3 aromatic rings. The fourth-order valence-electron chi connectivity index (χ4n) is 4.01. The molecule has 1 saturated heterocycles. The standard InChI is InChI=1S/C24H25ClN2O3S/c1-30-22-8-5-9-23(18-22)31(28,29)27-16-14-26(15-17-27)24(19-6-3-2-4-7-19)20-10-12-21(25)13-11-20/h2-13,18,24H,14-17H2,1H3/t24-/m0/s1. The highest BCUT2D eigenvalue weighted by Crippen LogP contribution is 2.31. The summed E-state index contributed by atoms with van der Waals surface area (Å²) in [6.45, 7) is 2.11. The molecule has 0 bridgehead atoms. The van der Waals surface area contributed by atoms with Crippen LogP contribution in [0.1, 0.15) is 17.2 Å². The molecule has 0 aromatic heterocycles. The lowest BCUT2D eigenvalue weighted by atomic mass is 9.96. The molecule has 3 aromatic carbocycles. The molecular formula is C24H25ClN2O3S. The minimum atomic E-state index is -3.57. The number of nitrogens with zero attached hydrogens (tertiary/aromatic N) is 2. The highest BCUT2D eigenvalue weighted by atomic mass is 35.5. The Morgan fingerprint density at radius 3 is 2.13 bits per heavy atom. The molecule has 0 N–H and O–H groups in total. The van der Waals surface area contributed by atoms with Crippen molar-refractivity contribution in [2.75, 3.05) is 33.3 Å². The number of hydrogen-bond donors (Lipinski definition) is 0. The molecule has 31 heavy (non-hydrogen) atoms. The Kier molecular flexibility index (Phi) is 6.62. The fraction of sp³-hybridized carbons (Fsp3) is 0.250. The van der Waals surface area contributed by atoms with E-state index in [1.807, 2.05) is 42.5 Å². The van der Waals surface area contributed by atoms with E-state index in [2.05, 4.69) is 17.0 Å². The van der Waals surface area contributed by atoms with Crippen molar-refractivity contribution in [3.05, 3.63) is 95.0 Å². The predicted octanol–water partition coefficient (Wildman–Crippen LogP) is 4.44. The number of ether oxygens (including phenoxy) is 1. The Balaban J connectivity index is 1.56. The number of halogens is 1. The van der Waals surface area contributed by atoms with Crippen molar-refractivity contribution in [1.82, 2.24) is 9.21 Å². The first-order valence-electron chi connectivity index (χ1n) is 10.2. The van der Waals surface area contributed by atoms with E-state index in [9.17, 15) is 8.42 Å². The van der Waals surface area contributed by atoms with Gasteiger partial charge in [0.05, 0.1) is 18.0 Å². The number of hydrogen-bond acceptors (Lipinski definition) is 4. The first-order valence-corrected chi connectivity index (χ1v) is 12.0. The van der Waals surface area contributed by atoms with Crippen molar-refractivity contribution in [3.8, 4) is 5.75 Å². The van der Waals surface area contributed by atoms with Gasteiger partial charge in [-0.05, 0) is 35.4 Å². The maximum Gasteiger partial charge on any atom is 0.243 e. The van der Waals surface area contributed by atoms with Gasteiger partial charge in [0, 0.05) is 37.3 Å². The van der Waals surface area contributed by atoms with Crippen LogP contribution in [0.5, 0.6) is 5.75 Å². The molecule has 7 heteroatoms. The van der Waals surface area contributed by atoms with Gasteiger partial charge in [-0.2, -0.15) is 4.31 Å². The van der Waals surface area contributed by atoms with Gasteiger partial charge in [-0.25, -0.2) is 8.42 Å². The van der Waals surface area contributed by atoms with E-state index in [0.717, 1.165) is 5.56 Å². The third-order valence-corrected chi connectivity index (χ3v) is 7.77. The number of rotatable bonds is 6. The lowest BCUT2D eigenvalue weighted by Crippen LogP contribution is -2.49. The van der Waals surface area contributed by atoms with E-state index in [-0.39, 0.29) is 10.9 Å². The van der Waals surface area contributed by atoms with Crippen LogP contribution in [-0.2, 0) is 10.0 Å². The van der Waals surface area contributed by atoms with Gasteiger partial charge in [-0.1, -0.05) is 60.1 Å². The normalized spacial score (nSPS) is 16.7. The first-order chi connectivity index (χ1) is 15.0. The second kappa shape index (κ2) is 9.40. The van der Waals surface area contributed by atoms with Gasteiger partial charge < -0.3 is 4.74 Å². The van der Waals surface area contributed by atoms with Crippen molar-refractivity contribution < 1.29 is 13.2 Å². The van der Waals surface area contributed by atoms with Crippen LogP contribution in [0, 0.1) is 0 Å². The summed E-state index contributed by atoms with van der Waals surface area (Å²) in [4.78, 5) is 2.59. The second-order valence-electron chi connectivity index (χ2n) is 7.48. The quantitative estimate of drug-likeness (QED) is 0.550. The average Bonchev–Trinajstić information content (AvgIpc) is 2.81. The van der Waals surface area contributed by atoms with Crippen molar-refractivity contribution in [3.63, 3.8) is 0 Å². The van der Waals surface area contributed by atoms with Gasteiger partial charge in [-0.3, -0.25) is 4.90 Å². The second-order valence-corrected chi connectivity index (χ2v) is 9.86. The number of sulfonamides is 1. The first kappa shape index (κ1) is 21.8. The van der Waals surface area contributed by atoms with E-state index < -0.39 is 10.0 Å². The van der Waals surface area contributed by atoms with Crippen LogP contribution in [-0.4, -0.2) is 50.9 Å². The molecule has 162 valence electrons. The highest BCUT2D eigenvalue weighted by Gasteiger charge is 2.32. The molecule has 1 atom stereocenters. The summed E-state index contributed by atoms with van der Waals surface area (Å²) in [6.07, 6.45) is 0. The third-order valence-electron chi connectivity index (χ3n) is 5.62. The summed E-state index contributed by atoms with van der Waals surface area (Å²) in [5.41, 5.74) is 2.31. The summed E-state index contributed by atoms with van der Waals surface area (Å²) in [6, 6.07) is 24.8. The zero-order chi connectivity index (χ0) is 21.8. The van der Waals surface area contributed by atoms with E-state index in [1.54, 1.807) is 28.6 Å². The lowest BCUT2D eigenvalue weighted by molar-refractivity contribution is 0.156. The van der Waals surface area contributed by atoms with Crippen molar-refractivity contribution in [1.29, 1.82) is 0 Å². The van der Waals surface area contributed by atoms with Crippen LogP contribution in [0.15, 0.2) is 83.8 Å². The molecule has 0 unspecified atom stereocenters. The Bertz CT molecular complexity index is 1110. The van der Waals surface area contributed by atoms with Crippen LogP contribution in [0.3, 0.4) is 0 Å². The molecule has 1 heterocycles. The smallest absolute Gasteiger partial charge is 0.243 e. The van der Waals surface area contributed by atoms with E-state index in [4.69, 9.17) is 16.3 Å². The molecule has 5 nitrogen and oxygen atoms in total. The van der Waals surface area contributed by atoms with Crippen molar-refractivity contribution in [2.45, 2.75) is 10.9 Å². The van der Waals surface area contributed by atoms with Gasteiger partial charge in [0.25, 0.3) is 0 Å². The van der Waals surface area contributed by atoms with Gasteiger partial charge >= 0.3 is 0 Å². The topological polar surface area (TPSA) is 49.9 Å². The summed E-state index contributed by atoms with van der Waals surface area (Å²) in [7, 11) is -2.04. The van der Waals surface area contributed by atoms with Gasteiger partial charge in [0.2, 0.25) is 10.0 Å². The monoisotopic (exact) mass is 456 g/mol.